The first-order valence-electron chi connectivity index (χ1n) is 11.6. The van der Waals surface area contributed by atoms with Crippen molar-refractivity contribution in [1.29, 1.82) is 0 Å². The standard InChI is InChI=1S/C29H34N4/c1-28(2,3)21-11-7-10-20(18-21)23-12-8-14-26(31-23)33-27-15-9-13-24(32-27)25-19-22(16-17-30-25)29(4,5)6/h7-19,26,31H,1-6H3,(H,32,33). The Kier molecular flexibility index (Phi) is 6.11. The highest BCUT2D eigenvalue weighted by Crippen LogP contribution is 2.27. The lowest BCUT2D eigenvalue weighted by atomic mass is 9.86. The number of dihydropyridines is 1. The van der Waals surface area contributed by atoms with Crippen molar-refractivity contribution in [2.75, 3.05) is 5.32 Å². The number of rotatable bonds is 4. The second kappa shape index (κ2) is 8.86. The first-order valence-corrected chi connectivity index (χ1v) is 11.6. The number of aromatic nitrogens is 2. The van der Waals surface area contributed by atoms with Gasteiger partial charge < -0.3 is 10.6 Å². The highest BCUT2D eigenvalue weighted by Gasteiger charge is 2.18. The van der Waals surface area contributed by atoms with Gasteiger partial charge >= 0.3 is 0 Å². The molecule has 0 bridgehead atoms. The normalized spacial score (nSPS) is 16.2. The van der Waals surface area contributed by atoms with Gasteiger partial charge in [-0.05, 0) is 70.0 Å². The number of anilines is 1. The molecular formula is C29H34N4. The predicted molar refractivity (Wildman–Crippen MR) is 139 cm³/mol. The summed E-state index contributed by atoms with van der Waals surface area (Å²) in [6, 6.07) is 19.0. The largest absolute Gasteiger partial charge is 0.362 e. The van der Waals surface area contributed by atoms with E-state index in [0.29, 0.717) is 0 Å². The van der Waals surface area contributed by atoms with E-state index < -0.39 is 0 Å². The number of pyridine rings is 2. The van der Waals surface area contributed by atoms with Crippen LogP contribution in [0.1, 0.15) is 58.2 Å². The van der Waals surface area contributed by atoms with Gasteiger partial charge in [0.1, 0.15) is 12.0 Å². The SMILES string of the molecule is CC(C)(C)c1cccc(C2=CC=CC(Nc3cccc(-c4cc(C(C)(C)C)ccn4)n3)N2)c1. The first kappa shape index (κ1) is 22.8. The van der Waals surface area contributed by atoms with Crippen LogP contribution in [0.4, 0.5) is 5.82 Å². The van der Waals surface area contributed by atoms with Crippen LogP contribution in [-0.2, 0) is 10.8 Å². The molecule has 0 aliphatic carbocycles. The van der Waals surface area contributed by atoms with Crippen molar-refractivity contribution in [3.05, 3.63) is 95.7 Å². The number of hydrogen-bond acceptors (Lipinski definition) is 4. The van der Waals surface area contributed by atoms with Gasteiger partial charge in [-0.15, -0.1) is 0 Å². The molecule has 0 amide bonds. The molecule has 0 saturated carbocycles. The average Bonchev–Trinajstić information content (AvgIpc) is 2.78. The molecule has 33 heavy (non-hydrogen) atoms. The molecular weight excluding hydrogens is 404 g/mol. The third-order valence-corrected chi connectivity index (χ3v) is 5.86. The zero-order valence-corrected chi connectivity index (χ0v) is 20.5. The number of hydrogen-bond donors (Lipinski definition) is 2. The number of allylic oxidation sites excluding steroid dienone is 2. The van der Waals surface area contributed by atoms with Gasteiger partial charge in [-0.25, -0.2) is 4.98 Å². The van der Waals surface area contributed by atoms with Crippen LogP contribution in [0.25, 0.3) is 17.1 Å². The summed E-state index contributed by atoms with van der Waals surface area (Å²) >= 11 is 0. The summed E-state index contributed by atoms with van der Waals surface area (Å²) in [7, 11) is 0. The minimum absolute atomic E-state index is 0.0556. The van der Waals surface area contributed by atoms with Gasteiger partial charge in [-0.2, -0.15) is 0 Å². The lowest BCUT2D eigenvalue weighted by Gasteiger charge is -2.25. The molecule has 4 nitrogen and oxygen atoms in total. The van der Waals surface area contributed by atoms with Crippen LogP contribution >= 0.6 is 0 Å². The lowest BCUT2D eigenvalue weighted by Crippen LogP contribution is -2.35. The van der Waals surface area contributed by atoms with Gasteiger partial charge in [0.25, 0.3) is 0 Å². The van der Waals surface area contributed by atoms with Crippen LogP contribution in [0, 0.1) is 0 Å². The molecule has 3 heterocycles. The van der Waals surface area contributed by atoms with E-state index in [1.165, 1.54) is 16.7 Å². The minimum Gasteiger partial charge on any atom is -0.362 e. The van der Waals surface area contributed by atoms with E-state index in [9.17, 15) is 0 Å². The maximum absolute atomic E-state index is 4.84. The monoisotopic (exact) mass is 438 g/mol. The summed E-state index contributed by atoms with van der Waals surface area (Å²) in [6.45, 7) is 13.3. The van der Waals surface area contributed by atoms with E-state index in [2.05, 4.69) is 112 Å². The molecule has 0 radical (unpaired) electrons. The maximum atomic E-state index is 4.84. The highest BCUT2D eigenvalue weighted by atomic mass is 15.2. The molecule has 4 heteroatoms. The third kappa shape index (κ3) is 5.51. The van der Waals surface area contributed by atoms with E-state index >= 15 is 0 Å². The molecule has 2 aromatic heterocycles. The Balaban J connectivity index is 1.51. The van der Waals surface area contributed by atoms with Crippen molar-refractivity contribution >= 4 is 11.5 Å². The van der Waals surface area contributed by atoms with Crippen LogP contribution in [0.3, 0.4) is 0 Å². The second-order valence-corrected chi connectivity index (χ2v) is 10.7. The Labute approximate surface area is 197 Å². The van der Waals surface area contributed by atoms with Gasteiger partial charge in [0, 0.05) is 11.9 Å². The Bertz CT molecular complexity index is 1190. The van der Waals surface area contributed by atoms with Gasteiger partial charge in [0.2, 0.25) is 0 Å². The quantitative estimate of drug-likeness (QED) is 0.477. The summed E-state index contributed by atoms with van der Waals surface area (Å²) in [5, 5.41) is 7.10. The highest BCUT2D eigenvalue weighted by molar-refractivity contribution is 5.68. The van der Waals surface area contributed by atoms with Crippen molar-refractivity contribution in [2.45, 2.75) is 58.5 Å². The number of nitrogens with one attached hydrogen (secondary N) is 2. The fourth-order valence-corrected chi connectivity index (χ4v) is 3.80. The van der Waals surface area contributed by atoms with Gasteiger partial charge in [0.05, 0.1) is 11.4 Å². The Morgan fingerprint density at radius 3 is 2.30 bits per heavy atom. The molecule has 4 rings (SSSR count). The van der Waals surface area contributed by atoms with Crippen molar-refractivity contribution in [3.63, 3.8) is 0 Å². The molecule has 2 N–H and O–H groups in total. The van der Waals surface area contributed by atoms with Crippen molar-refractivity contribution in [1.82, 2.24) is 15.3 Å². The molecule has 170 valence electrons. The number of nitrogens with zero attached hydrogens (tertiary/aromatic N) is 2. The molecule has 0 fully saturated rings. The van der Waals surface area contributed by atoms with Crippen LogP contribution in [0.2, 0.25) is 0 Å². The maximum Gasteiger partial charge on any atom is 0.128 e. The molecule has 0 spiro atoms. The minimum atomic E-state index is -0.0556. The van der Waals surface area contributed by atoms with Crippen LogP contribution in [-0.4, -0.2) is 16.1 Å². The van der Waals surface area contributed by atoms with Gasteiger partial charge in [-0.1, -0.05) is 71.9 Å². The van der Waals surface area contributed by atoms with E-state index in [0.717, 1.165) is 22.9 Å². The Morgan fingerprint density at radius 1 is 0.818 bits per heavy atom. The molecule has 3 aromatic rings. The van der Waals surface area contributed by atoms with E-state index in [-0.39, 0.29) is 17.0 Å². The molecule has 0 saturated heterocycles. The van der Waals surface area contributed by atoms with Gasteiger partial charge in [0.15, 0.2) is 0 Å². The van der Waals surface area contributed by atoms with E-state index in [1.54, 1.807) is 0 Å². The van der Waals surface area contributed by atoms with Crippen LogP contribution in [0.15, 0.2) is 79.0 Å². The van der Waals surface area contributed by atoms with Crippen LogP contribution in [0.5, 0.6) is 0 Å². The third-order valence-electron chi connectivity index (χ3n) is 5.86. The predicted octanol–water partition coefficient (Wildman–Crippen LogP) is 6.68. The van der Waals surface area contributed by atoms with E-state index in [1.807, 2.05) is 24.4 Å². The summed E-state index contributed by atoms with van der Waals surface area (Å²) in [5.41, 5.74) is 6.77. The number of benzene rings is 1. The molecule has 1 aromatic carbocycles. The zero-order valence-electron chi connectivity index (χ0n) is 20.5. The Hall–Kier alpha value is -3.40. The summed E-state index contributed by atoms with van der Waals surface area (Å²) in [4.78, 5) is 9.40. The molecule has 1 aliphatic rings. The smallest absolute Gasteiger partial charge is 0.128 e. The first-order chi connectivity index (χ1) is 15.6. The molecule has 1 atom stereocenters. The zero-order chi connectivity index (χ0) is 23.6. The van der Waals surface area contributed by atoms with Crippen molar-refractivity contribution in [2.24, 2.45) is 0 Å². The fraction of sp³-hybridized carbons (Fsp3) is 0.310. The summed E-state index contributed by atoms with van der Waals surface area (Å²) < 4.78 is 0. The summed E-state index contributed by atoms with van der Waals surface area (Å²) in [5.74, 6) is 0.808. The Morgan fingerprint density at radius 2 is 1.55 bits per heavy atom. The topological polar surface area (TPSA) is 49.8 Å². The second-order valence-electron chi connectivity index (χ2n) is 10.7. The van der Waals surface area contributed by atoms with Crippen molar-refractivity contribution in [3.8, 4) is 11.4 Å². The summed E-state index contributed by atoms with van der Waals surface area (Å²) in [6.07, 6.45) is 8.12. The molecule has 1 unspecified atom stereocenters. The van der Waals surface area contributed by atoms with Crippen molar-refractivity contribution < 1.29 is 0 Å². The fourth-order valence-electron chi connectivity index (χ4n) is 3.80. The lowest BCUT2D eigenvalue weighted by molar-refractivity contribution is 0.589. The van der Waals surface area contributed by atoms with E-state index in [4.69, 9.17) is 4.98 Å². The molecule has 1 aliphatic heterocycles. The van der Waals surface area contributed by atoms with Crippen LogP contribution < -0.4 is 10.6 Å². The average molecular weight is 439 g/mol. The van der Waals surface area contributed by atoms with Gasteiger partial charge in [-0.3, -0.25) is 4.98 Å².